The van der Waals surface area contributed by atoms with Crippen molar-refractivity contribution in [1.29, 1.82) is 0 Å². The number of allylic oxidation sites excluding steroid dienone is 1. The van der Waals surface area contributed by atoms with Crippen LogP contribution in [0.15, 0.2) is 58.8 Å². The maximum absolute atomic E-state index is 13.4. The number of hydrogen-bond donors (Lipinski definition) is 1. The Morgan fingerprint density at radius 2 is 1.86 bits per heavy atom. The molecular weight excluding hydrogens is 466 g/mol. The van der Waals surface area contributed by atoms with Crippen LogP contribution in [0.1, 0.15) is 56.8 Å². The number of fused-ring (bicyclic) bond motifs is 3. The molecule has 3 heterocycles. The molecule has 0 amide bonds. The van der Waals surface area contributed by atoms with Crippen LogP contribution in [-0.4, -0.2) is 43.0 Å². The number of carbonyl (C=O) groups is 1. The highest BCUT2D eigenvalue weighted by Crippen LogP contribution is 2.45. The standard InChI is InChI=1S/C25H27N5O4S/c1-4-16-12-17(19(5-2)25(31)32)13-20(16)23-28-27-22-14-26-24-21(30(22)23)10-11-29(24)35(33,34)18-8-6-15(3)7-9-18/h6-11,14,16,20H,4-5,12-13H2,1-3H3,(H,31,32)/t16-,20+/m1/s1. The number of benzene rings is 1. The van der Waals surface area contributed by atoms with Gasteiger partial charge in [0.2, 0.25) is 0 Å². The molecule has 10 heteroatoms. The van der Waals surface area contributed by atoms with E-state index in [1.54, 1.807) is 30.3 Å². The van der Waals surface area contributed by atoms with Crippen LogP contribution >= 0.6 is 0 Å². The lowest BCUT2D eigenvalue weighted by molar-refractivity contribution is -0.132. The van der Waals surface area contributed by atoms with Crippen molar-refractivity contribution in [2.45, 2.75) is 57.3 Å². The average Bonchev–Trinajstić information content (AvgIpc) is 3.55. The first-order valence-corrected chi connectivity index (χ1v) is 13.2. The zero-order valence-electron chi connectivity index (χ0n) is 19.8. The molecule has 0 aliphatic heterocycles. The first-order valence-electron chi connectivity index (χ1n) is 11.7. The largest absolute Gasteiger partial charge is 0.478 e. The highest BCUT2D eigenvalue weighted by Gasteiger charge is 2.36. The Bertz CT molecular complexity index is 1580. The van der Waals surface area contributed by atoms with E-state index >= 15 is 0 Å². The van der Waals surface area contributed by atoms with Gasteiger partial charge in [-0.1, -0.05) is 43.5 Å². The van der Waals surface area contributed by atoms with Gasteiger partial charge in [0.05, 0.1) is 16.6 Å². The van der Waals surface area contributed by atoms with Crippen molar-refractivity contribution in [1.82, 2.24) is 23.6 Å². The summed E-state index contributed by atoms with van der Waals surface area (Å²) in [6.45, 7) is 5.86. The minimum absolute atomic E-state index is 0.0199. The molecule has 1 aromatic carbocycles. The molecular formula is C25H27N5O4S. The highest BCUT2D eigenvalue weighted by molar-refractivity contribution is 7.90. The summed E-state index contributed by atoms with van der Waals surface area (Å²) in [6, 6.07) is 8.42. The molecule has 1 N–H and O–H groups in total. The molecule has 182 valence electrons. The van der Waals surface area contributed by atoms with Crippen LogP contribution in [0.25, 0.3) is 16.8 Å². The van der Waals surface area contributed by atoms with Crippen LogP contribution in [0.5, 0.6) is 0 Å². The zero-order valence-corrected chi connectivity index (χ0v) is 20.7. The molecule has 0 unspecified atom stereocenters. The highest BCUT2D eigenvalue weighted by atomic mass is 32.2. The summed E-state index contributed by atoms with van der Waals surface area (Å²) >= 11 is 0. The Hall–Kier alpha value is -3.53. The van der Waals surface area contributed by atoms with E-state index in [4.69, 9.17) is 0 Å². The first kappa shape index (κ1) is 23.2. The Morgan fingerprint density at radius 1 is 1.11 bits per heavy atom. The Balaban J connectivity index is 1.65. The molecule has 0 bridgehead atoms. The summed E-state index contributed by atoms with van der Waals surface area (Å²) in [6.07, 6.45) is 5.69. The van der Waals surface area contributed by atoms with Crippen molar-refractivity contribution in [3.63, 3.8) is 0 Å². The van der Waals surface area contributed by atoms with Crippen LogP contribution in [0.3, 0.4) is 0 Å². The third-order valence-corrected chi connectivity index (χ3v) is 8.76. The van der Waals surface area contributed by atoms with Gasteiger partial charge in [-0.2, -0.15) is 0 Å². The van der Waals surface area contributed by atoms with Crippen LogP contribution in [-0.2, 0) is 14.8 Å². The van der Waals surface area contributed by atoms with Crippen molar-refractivity contribution >= 4 is 32.8 Å². The van der Waals surface area contributed by atoms with Crippen LogP contribution < -0.4 is 0 Å². The molecule has 1 aliphatic carbocycles. The fraction of sp³-hybridized carbons (Fsp3) is 0.360. The quantitative estimate of drug-likeness (QED) is 0.397. The van der Waals surface area contributed by atoms with Gasteiger partial charge in [0.15, 0.2) is 11.3 Å². The molecule has 4 aromatic rings. The lowest BCUT2D eigenvalue weighted by Crippen LogP contribution is -2.13. The summed E-state index contributed by atoms with van der Waals surface area (Å²) in [5, 5.41) is 18.4. The van der Waals surface area contributed by atoms with E-state index < -0.39 is 16.0 Å². The van der Waals surface area contributed by atoms with Gasteiger partial charge in [0.25, 0.3) is 10.0 Å². The van der Waals surface area contributed by atoms with Gasteiger partial charge in [-0.25, -0.2) is 22.2 Å². The third-order valence-electron chi connectivity index (χ3n) is 7.08. The molecule has 5 rings (SSSR count). The van der Waals surface area contributed by atoms with Gasteiger partial charge < -0.3 is 5.11 Å². The first-order chi connectivity index (χ1) is 16.8. The Kier molecular flexibility index (Phi) is 5.71. The lowest BCUT2D eigenvalue weighted by atomic mass is 9.93. The van der Waals surface area contributed by atoms with Crippen LogP contribution in [0.2, 0.25) is 0 Å². The van der Waals surface area contributed by atoms with E-state index in [0.29, 0.717) is 47.5 Å². The number of aromatic nitrogens is 5. The Morgan fingerprint density at radius 3 is 2.51 bits per heavy atom. The second kappa shape index (κ2) is 8.60. The molecule has 35 heavy (non-hydrogen) atoms. The average molecular weight is 494 g/mol. The SMILES string of the molecule is CCC(C(=O)O)=C1C[C@@H](CC)[C@@H](c2nnc3cnc4c(ccn4S(=O)(=O)c4ccc(C)cc4)n23)C1. The number of carboxylic acids is 1. The Labute approximate surface area is 203 Å². The van der Waals surface area contributed by atoms with Crippen molar-refractivity contribution < 1.29 is 18.3 Å². The van der Waals surface area contributed by atoms with Gasteiger partial charge in [0, 0.05) is 17.7 Å². The minimum atomic E-state index is -3.84. The lowest BCUT2D eigenvalue weighted by Gasteiger charge is -2.16. The van der Waals surface area contributed by atoms with Crippen molar-refractivity contribution in [2.24, 2.45) is 5.92 Å². The molecule has 2 atom stereocenters. The van der Waals surface area contributed by atoms with E-state index in [-0.39, 0.29) is 16.7 Å². The summed E-state index contributed by atoms with van der Waals surface area (Å²) in [7, 11) is -3.84. The van der Waals surface area contributed by atoms with E-state index in [1.807, 2.05) is 18.2 Å². The molecule has 0 spiro atoms. The molecule has 1 saturated carbocycles. The summed E-state index contributed by atoms with van der Waals surface area (Å²) in [5.41, 5.74) is 3.82. The van der Waals surface area contributed by atoms with Crippen molar-refractivity contribution in [2.75, 3.05) is 0 Å². The maximum atomic E-state index is 13.4. The zero-order chi connectivity index (χ0) is 24.9. The van der Waals surface area contributed by atoms with Crippen LogP contribution in [0.4, 0.5) is 0 Å². The smallest absolute Gasteiger partial charge is 0.331 e. The number of aliphatic carboxylic acids is 1. The van der Waals surface area contributed by atoms with E-state index in [1.165, 1.54) is 16.4 Å². The van der Waals surface area contributed by atoms with Gasteiger partial charge >= 0.3 is 5.97 Å². The molecule has 1 fully saturated rings. The molecule has 9 nitrogen and oxygen atoms in total. The van der Waals surface area contributed by atoms with Crippen molar-refractivity contribution in [3.05, 3.63) is 65.3 Å². The van der Waals surface area contributed by atoms with Gasteiger partial charge in [-0.15, -0.1) is 10.2 Å². The molecule has 0 radical (unpaired) electrons. The fourth-order valence-corrected chi connectivity index (χ4v) is 6.51. The maximum Gasteiger partial charge on any atom is 0.331 e. The van der Waals surface area contributed by atoms with Crippen LogP contribution in [0, 0.1) is 12.8 Å². The third kappa shape index (κ3) is 3.72. The second-order valence-corrected chi connectivity index (χ2v) is 10.9. The van der Waals surface area contributed by atoms with E-state index in [0.717, 1.165) is 17.6 Å². The monoisotopic (exact) mass is 493 g/mol. The molecule has 3 aromatic heterocycles. The summed E-state index contributed by atoms with van der Waals surface area (Å²) in [4.78, 5) is 16.4. The molecule has 0 saturated heterocycles. The number of nitrogens with zero attached hydrogens (tertiary/aromatic N) is 5. The van der Waals surface area contributed by atoms with Crippen molar-refractivity contribution in [3.8, 4) is 0 Å². The van der Waals surface area contributed by atoms with Gasteiger partial charge in [-0.3, -0.25) is 4.40 Å². The number of aryl methyl sites for hydroxylation is 1. The predicted molar refractivity (Wildman–Crippen MR) is 131 cm³/mol. The minimum Gasteiger partial charge on any atom is -0.478 e. The second-order valence-electron chi connectivity index (χ2n) is 9.07. The summed E-state index contributed by atoms with van der Waals surface area (Å²) in [5.74, 6) is 0.0445. The number of rotatable bonds is 6. The summed E-state index contributed by atoms with van der Waals surface area (Å²) < 4.78 is 29.8. The predicted octanol–water partition coefficient (Wildman–Crippen LogP) is 4.32. The molecule has 1 aliphatic rings. The topological polar surface area (TPSA) is 119 Å². The van der Waals surface area contributed by atoms with E-state index in [9.17, 15) is 18.3 Å². The van der Waals surface area contributed by atoms with Gasteiger partial charge in [0.1, 0.15) is 5.82 Å². The normalized spacial score (nSPS) is 20.1. The fourth-order valence-electron chi connectivity index (χ4n) is 5.21. The van der Waals surface area contributed by atoms with E-state index in [2.05, 4.69) is 22.1 Å². The number of hydrogen-bond acceptors (Lipinski definition) is 6. The number of carboxylic acid groups (broad SMARTS) is 1. The van der Waals surface area contributed by atoms with Gasteiger partial charge in [-0.05, 0) is 50.3 Å².